The van der Waals surface area contributed by atoms with E-state index in [9.17, 15) is 4.79 Å². The molecule has 4 heteroatoms. The van der Waals surface area contributed by atoms with Gasteiger partial charge in [0.25, 0.3) is 0 Å². The Labute approximate surface area is 169 Å². The van der Waals surface area contributed by atoms with Crippen molar-refractivity contribution in [1.29, 1.82) is 0 Å². The molecule has 0 aliphatic carbocycles. The van der Waals surface area contributed by atoms with Crippen molar-refractivity contribution in [1.82, 2.24) is 10.2 Å². The Morgan fingerprint density at radius 1 is 1.14 bits per heavy atom. The van der Waals surface area contributed by atoms with Gasteiger partial charge in [-0.1, -0.05) is 56.3 Å². The molecule has 1 fully saturated rings. The Bertz CT molecular complexity index is 759. The molecule has 2 aromatic rings. The van der Waals surface area contributed by atoms with E-state index in [1.807, 2.05) is 11.0 Å². The second-order valence-electron chi connectivity index (χ2n) is 8.32. The first-order valence-corrected chi connectivity index (χ1v) is 10.4. The summed E-state index contributed by atoms with van der Waals surface area (Å²) >= 11 is 0. The monoisotopic (exact) mass is 379 g/mol. The molecule has 0 saturated carbocycles. The van der Waals surface area contributed by atoms with E-state index in [4.69, 9.17) is 0 Å². The van der Waals surface area contributed by atoms with Crippen LogP contribution in [-0.4, -0.2) is 49.6 Å². The number of hydrogen-bond donors (Lipinski definition) is 1. The van der Waals surface area contributed by atoms with E-state index in [-0.39, 0.29) is 5.91 Å². The van der Waals surface area contributed by atoms with E-state index < -0.39 is 0 Å². The highest BCUT2D eigenvalue weighted by molar-refractivity contribution is 5.95. The molecule has 3 rings (SSSR count). The normalized spacial score (nSPS) is 17.6. The lowest BCUT2D eigenvalue weighted by Gasteiger charge is -2.33. The molecule has 1 saturated heterocycles. The molecule has 0 aromatic heterocycles. The van der Waals surface area contributed by atoms with Crippen molar-refractivity contribution < 1.29 is 4.79 Å². The molecule has 0 spiro atoms. The summed E-state index contributed by atoms with van der Waals surface area (Å²) in [6.07, 6.45) is 0.883. The summed E-state index contributed by atoms with van der Waals surface area (Å²) in [4.78, 5) is 17.4. The van der Waals surface area contributed by atoms with Gasteiger partial charge >= 0.3 is 0 Å². The molecule has 0 radical (unpaired) electrons. The average molecular weight is 380 g/mol. The SMILES string of the molecule is CC(C)CN(C(=O)CN1CCNC(C)C1)c1cccc(Cc2ccccc2)c1. The third-order valence-electron chi connectivity index (χ3n) is 5.13. The van der Waals surface area contributed by atoms with Crippen LogP contribution in [0.1, 0.15) is 31.9 Å². The fourth-order valence-electron chi connectivity index (χ4n) is 3.81. The minimum atomic E-state index is 0.194. The maximum absolute atomic E-state index is 13.2. The van der Waals surface area contributed by atoms with Crippen molar-refractivity contribution in [3.05, 3.63) is 65.7 Å². The number of nitrogens with zero attached hydrogens (tertiary/aromatic N) is 2. The third kappa shape index (κ3) is 5.91. The zero-order valence-electron chi connectivity index (χ0n) is 17.4. The van der Waals surface area contributed by atoms with Crippen LogP contribution >= 0.6 is 0 Å². The first-order chi connectivity index (χ1) is 13.5. The summed E-state index contributed by atoms with van der Waals surface area (Å²) in [7, 11) is 0. The molecule has 1 unspecified atom stereocenters. The van der Waals surface area contributed by atoms with Crippen LogP contribution in [0.25, 0.3) is 0 Å². The lowest BCUT2D eigenvalue weighted by atomic mass is 10.0. The Balaban J connectivity index is 1.75. The number of anilines is 1. The zero-order chi connectivity index (χ0) is 19.9. The number of hydrogen-bond acceptors (Lipinski definition) is 3. The molecule has 0 bridgehead atoms. The van der Waals surface area contributed by atoms with Gasteiger partial charge in [0, 0.05) is 37.9 Å². The Kier molecular flexibility index (Phi) is 7.24. The van der Waals surface area contributed by atoms with Gasteiger partial charge in [-0.05, 0) is 42.5 Å². The number of benzene rings is 2. The quantitative estimate of drug-likeness (QED) is 0.799. The second kappa shape index (κ2) is 9.85. The van der Waals surface area contributed by atoms with Gasteiger partial charge in [-0.2, -0.15) is 0 Å². The van der Waals surface area contributed by atoms with E-state index in [2.05, 4.69) is 79.5 Å². The maximum Gasteiger partial charge on any atom is 0.241 e. The number of carbonyl (C=O) groups is 1. The second-order valence-corrected chi connectivity index (χ2v) is 8.32. The molecule has 1 heterocycles. The smallest absolute Gasteiger partial charge is 0.241 e. The van der Waals surface area contributed by atoms with Crippen LogP contribution in [0.15, 0.2) is 54.6 Å². The van der Waals surface area contributed by atoms with E-state index in [0.29, 0.717) is 18.5 Å². The maximum atomic E-state index is 13.2. The van der Waals surface area contributed by atoms with Gasteiger partial charge in [-0.15, -0.1) is 0 Å². The van der Waals surface area contributed by atoms with Crippen molar-refractivity contribution in [2.75, 3.05) is 37.6 Å². The van der Waals surface area contributed by atoms with Crippen LogP contribution in [0.5, 0.6) is 0 Å². The predicted octanol–water partition coefficient (Wildman–Crippen LogP) is 3.56. The van der Waals surface area contributed by atoms with E-state index in [1.54, 1.807) is 0 Å². The predicted molar refractivity (Wildman–Crippen MR) is 117 cm³/mol. The highest BCUT2D eigenvalue weighted by Gasteiger charge is 2.23. The van der Waals surface area contributed by atoms with E-state index in [1.165, 1.54) is 11.1 Å². The van der Waals surface area contributed by atoms with Gasteiger partial charge in [0.1, 0.15) is 0 Å². The first-order valence-electron chi connectivity index (χ1n) is 10.4. The number of nitrogens with one attached hydrogen (secondary N) is 1. The van der Waals surface area contributed by atoms with Crippen LogP contribution in [0.4, 0.5) is 5.69 Å². The van der Waals surface area contributed by atoms with E-state index >= 15 is 0 Å². The van der Waals surface area contributed by atoms with Crippen LogP contribution in [0, 0.1) is 5.92 Å². The summed E-state index contributed by atoms with van der Waals surface area (Å²) in [6, 6.07) is 19.4. The Hall–Kier alpha value is -2.17. The summed E-state index contributed by atoms with van der Waals surface area (Å²) in [5.41, 5.74) is 3.53. The molecule has 1 amide bonds. The van der Waals surface area contributed by atoms with Crippen molar-refractivity contribution >= 4 is 11.6 Å². The highest BCUT2D eigenvalue weighted by Crippen LogP contribution is 2.20. The largest absolute Gasteiger partial charge is 0.312 e. The van der Waals surface area contributed by atoms with Gasteiger partial charge in [-0.3, -0.25) is 9.69 Å². The fourth-order valence-corrected chi connectivity index (χ4v) is 3.81. The van der Waals surface area contributed by atoms with Crippen molar-refractivity contribution in [3.8, 4) is 0 Å². The summed E-state index contributed by atoms with van der Waals surface area (Å²) < 4.78 is 0. The molecular weight excluding hydrogens is 346 g/mol. The number of carbonyl (C=O) groups excluding carboxylic acids is 1. The highest BCUT2D eigenvalue weighted by atomic mass is 16.2. The molecule has 1 N–H and O–H groups in total. The van der Waals surface area contributed by atoms with Crippen molar-refractivity contribution in [2.24, 2.45) is 5.92 Å². The topological polar surface area (TPSA) is 35.6 Å². The molecule has 150 valence electrons. The molecule has 1 aliphatic heterocycles. The van der Waals surface area contributed by atoms with Gasteiger partial charge in [-0.25, -0.2) is 0 Å². The third-order valence-corrected chi connectivity index (χ3v) is 5.13. The molecule has 2 aromatic carbocycles. The van der Waals surface area contributed by atoms with Crippen LogP contribution in [-0.2, 0) is 11.2 Å². The fraction of sp³-hybridized carbons (Fsp3) is 0.458. The minimum absolute atomic E-state index is 0.194. The van der Waals surface area contributed by atoms with E-state index in [0.717, 1.165) is 38.3 Å². The molecule has 28 heavy (non-hydrogen) atoms. The Morgan fingerprint density at radius 3 is 2.61 bits per heavy atom. The summed E-state index contributed by atoms with van der Waals surface area (Å²) in [5.74, 6) is 0.614. The lowest BCUT2D eigenvalue weighted by Crippen LogP contribution is -2.52. The lowest BCUT2D eigenvalue weighted by molar-refractivity contribution is -0.120. The molecule has 4 nitrogen and oxygen atoms in total. The molecule has 1 atom stereocenters. The Morgan fingerprint density at radius 2 is 1.89 bits per heavy atom. The molecular formula is C24H33N3O. The molecule has 1 aliphatic rings. The van der Waals surface area contributed by atoms with Gasteiger partial charge < -0.3 is 10.2 Å². The van der Waals surface area contributed by atoms with Gasteiger partial charge in [0.15, 0.2) is 0 Å². The number of rotatable bonds is 7. The van der Waals surface area contributed by atoms with Crippen LogP contribution < -0.4 is 10.2 Å². The zero-order valence-corrected chi connectivity index (χ0v) is 17.4. The average Bonchev–Trinajstić information content (AvgIpc) is 2.67. The van der Waals surface area contributed by atoms with Gasteiger partial charge in [0.05, 0.1) is 6.54 Å². The number of piperazine rings is 1. The summed E-state index contributed by atoms with van der Waals surface area (Å²) in [5, 5.41) is 3.44. The van der Waals surface area contributed by atoms with Crippen LogP contribution in [0.3, 0.4) is 0 Å². The van der Waals surface area contributed by atoms with Crippen molar-refractivity contribution in [2.45, 2.75) is 33.2 Å². The first kappa shape index (κ1) is 20.6. The minimum Gasteiger partial charge on any atom is -0.312 e. The standard InChI is InChI=1S/C24H33N3O/c1-19(2)16-27(24(28)18-26-13-12-25-20(3)17-26)23-11-7-10-22(15-23)14-21-8-5-4-6-9-21/h4-11,15,19-20,25H,12-14,16-18H2,1-3H3. The van der Waals surface area contributed by atoms with Crippen molar-refractivity contribution in [3.63, 3.8) is 0 Å². The van der Waals surface area contributed by atoms with Gasteiger partial charge in [0.2, 0.25) is 5.91 Å². The van der Waals surface area contributed by atoms with Crippen LogP contribution in [0.2, 0.25) is 0 Å². The number of amides is 1. The summed E-state index contributed by atoms with van der Waals surface area (Å²) in [6.45, 7) is 10.6.